The molecule has 0 bridgehead atoms. The van der Waals surface area contributed by atoms with Crippen LogP contribution in [0.15, 0.2) is 18.2 Å². The fourth-order valence-corrected chi connectivity index (χ4v) is 2.88. The second-order valence-electron chi connectivity index (χ2n) is 5.30. The van der Waals surface area contributed by atoms with Gasteiger partial charge in [0.25, 0.3) is 0 Å². The molecule has 7 heteroatoms. The van der Waals surface area contributed by atoms with E-state index in [0.29, 0.717) is 12.4 Å². The van der Waals surface area contributed by atoms with Gasteiger partial charge in [-0.15, -0.1) is 0 Å². The molecule has 1 aliphatic heterocycles. The first-order valence-electron chi connectivity index (χ1n) is 7.34. The van der Waals surface area contributed by atoms with Crippen LogP contribution >= 0.6 is 0 Å². The molecule has 0 fully saturated rings. The number of benzene rings is 1. The molecule has 0 saturated heterocycles. The van der Waals surface area contributed by atoms with Gasteiger partial charge in [0, 0.05) is 17.8 Å². The van der Waals surface area contributed by atoms with E-state index in [4.69, 9.17) is 16.2 Å². The smallest absolute Gasteiger partial charge is 0.225 e. The molecule has 0 aliphatic carbocycles. The van der Waals surface area contributed by atoms with Crippen molar-refractivity contribution < 1.29 is 4.74 Å². The molecule has 4 N–H and O–H groups in total. The van der Waals surface area contributed by atoms with Crippen LogP contribution in [0.25, 0.3) is 0 Å². The first-order chi connectivity index (χ1) is 10.7. The largest absolute Gasteiger partial charge is 0.496 e. The molecule has 22 heavy (non-hydrogen) atoms. The SMILES string of the molecule is COc1cccc2c1CCCCN2Cc1nc(N)nc(N)n1. The highest BCUT2D eigenvalue weighted by Crippen LogP contribution is 2.33. The minimum atomic E-state index is 0.156. The van der Waals surface area contributed by atoms with Crippen LogP contribution in [-0.4, -0.2) is 28.6 Å². The molecule has 2 aromatic rings. The molecule has 0 amide bonds. The zero-order chi connectivity index (χ0) is 15.5. The molecule has 0 unspecified atom stereocenters. The van der Waals surface area contributed by atoms with E-state index in [1.54, 1.807) is 7.11 Å². The number of fused-ring (bicyclic) bond motifs is 1. The molecule has 0 saturated carbocycles. The van der Waals surface area contributed by atoms with Crippen LogP contribution in [0.1, 0.15) is 24.2 Å². The summed E-state index contributed by atoms with van der Waals surface area (Å²) in [5, 5.41) is 0. The first kappa shape index (κ1) is 14.4. The number of methoxy groups -OCH3 is 1. The van der Waals surface area contributed by atoms with Crippen molar-refractivity contribution in [3.63, 3.8) is 0 Å². The summed E-state index contributed by atoms with van der Waals surface area (Å²) in [6, 6.07) is 6.12. The summed E-state index contributed by atoms with van der Waals surface area (Å²) in [4.78, 5) is 14.4. The van der Waals surface area contributed by atoms with Crippen LogP contribution in [0, 0.1) is 0 Å². The molecule has 3 rings (SSSR count). The van der Waals surface area contributed by atoms with Crippen LogP contribution in [0.5, 0.6) is 5.75 Å². The predicted octanol–water partition coefficient (Wildman–Crippen LogP) is 1.39. The monoisotopic (exact) mass is 300 g/mol. The molecule has 1 aromatic heterocycles. The number of anilines is 3. The maximum Gasteiger partial charge on any atom is 0.225 e. The fourth-order valence-electron chi connectivity index (χ4n) is 2.88. The third-order valence-corrected chi connectivity index (χ3v) is 3.82. The number of nitrogens with two attached hydrogens (primary N) is 2. The molecule has 0 radical (unpaired) electrons. The summed E-state index contributed by atoms with van der Waals surface area (Å²) in [6.07, 6.45) is 3.25. The lowest BCUT2D eigenvalue weighted by Gasteiger charge is -2.25. The zero-order valence-corrected chi connectivity index (χ0v) is 12.6. The van der Waals surface area contributed by atoms with Gasteiger partial charge >= 0.3 is 0 Å². The van der Waals surface area contributed by atoms with Gasteiger partial charge in [0.1, 0.15) is 5.75 Å². The highest BCUT2D eigenvalue weighted by molar-refractivity contribution is 5.60. The lowest BCUT2D eigenvalue weighted by molar-refractivity contribution is 0.409. The van der Waals surface area contributed by atoms with E-state index in [1.807, 2.05) is 12.1 Å². The van der Waals surface area contributed by atoms with Gasteiger partial charge in [0.05, 0.1) is 13.7 Å². The Balaban J connectivity index is 1.94. The molecular weight excluding hydrogens is 280 g/mol. The van der Waals surface area contributed by atoms with Crippen molar-refractivity contribution in [2.24, 2.45) is 0 Å². The number of hydrogen-bond donors (Lipinski definition) is 2. The quantitative estimate of drug-likeness (QED) is 0.882. The summed E-state index contributed by atoms with van der Waals surface area (Å²) >= 11 is 0. The second kappa shape index (κ2) is 6.05. The van der Waals surface area contributed by atoms with Gasteiger partial charge in [-0.2, -0.15) is 15.0 Å². The van der Waals surface area contributed by atoms with Crippen molar-refractivity contribution in [2.45, 2.75) is 25.8 Å². The van der Waals surface area contributed by atoms with Gasteiger partial charge in [-0.3, -0.25) is 0 Å². The molecule has 1 aromatic carbocycles. The van der Waals surface area contributed by atoms with Crippen LogP contribution in [0.2, 0.25) is 0 Å². The summed E-state index contributed by atoms with van der Waals surface area (Å²) in [5.41, 5.74) is 13.7. The summed E-state index contributed by atoms with van der Waals surface area (Å²) in [5.74, 6) is 1.83. The van der Waals surface area contributed by atoms with E-state index in [-0.39, 0.29) is 11.9 Å². The van der Waals surface area contributed by atoms with Crippen LogP contribution in [0.4, 0.5) is 17.6 Å². The lowest BCUT2D eigenvalue weighted by Crippen LogP contribution is -2.25. The Morgan fingerprint density at radius 3 is 2.64 bits per heavy atom. The third kappa shape index (κ3) is 2.88. The Kier molecular flexibility index (Phi) is 3.95. The van der Waals surface area contributed by atoms with Gasteiger partial charge in [0.15, 0.2) is 5.82 Å². The number of nitrogens with zero attached hydrogens (tertiary/aromatic N) is 4. The zero-order valence-electron chi connectivity index (χ0n) is 12.6. The average molecular weight is 300 g/mol. The molecule has 116 valence electrons. The van der Waals surface area contributed by atoms with E-state index in [9.17, 15) is 0 Å². The van der Waals surface area contributed by atoms with Gasteiger partial charge in [0.2, 0.25) is 11.9 Å². The molecule has 0 atom stereocenters. The van der Waals surface area contributed by atoms with Crippen LogP contribution < -0.4 is 21.1 Å². The van der Waals surface area contributed by atoms with Crippen molar-refractivity contribution in [1.82, 2.24) is 15.0 Å². The van der Waals surface area contributed by atoms with E-state index in [2.05, 4.69) is 25.9 Å². The second-order valence-corrected chi connectivity index (χ2v) is 5.30. The van der Waals surface area contributed by atoms with Gasteiger partial charge in [-0.25, -0.2) is 0 Å². The standard InChI is InChI=1S/C15H20N6O/c1-22-12-7-4-6-11-10(12)5-2-3-8-21(11)9-13-18-14(16)20-15(17)19-13/h4,6-7H,2-3,5,8-9H2,1H3,(H4,16,17,18,19,20). The predicted molar refractivity (Wildman–Crippen MR) is 85.6 cm³/mol. The minimum absolute atomic E-state index is 0.156. The number of aromatic nitrogens is 3. The normalized spacial score (nSPS) is 14.3. The summed E-state index contributed by atoms with van der Waals surface area (Å²) < 4.78 is 5.50. The maximum atomic E-state index is 5.65. The number of hydrogen-bond acceptors (Lipinski definition) is 7. The Hall–Kier alpha value is -2.57. The molecule has 0 spiro atoms. The number of nitrogen functional groups attached to an aromatic ring is 2. The molecule has 1 aliphatic rings. The third-order valence-electron chi connectivity index (χ3n) is 3.82. The van der Waals surface area contributed by atoms with Gasteiger partial charge < -0.3 is 21.1 Å². The highest BCUT2D eigenvalue weighted by atomic mass is 16.5. The highest BCUT2D eigenvalue weighted by Gasteiger charge is 2.19. The first-order valence-corrected chi connectivity index (χ1v) is 7.34. The van der Waals surface area contributed by atoms with Gasteiger partial charge in [-0.1, -0.05) is 6.07 Å². The lowest BCUT2D eigenvalue weighted by atomic mass is 10.1. The Morgan fingerprint density at radius 1 is 1.14 bits per heavy atom. The number of rotatable bonds is 3. The Bertz CT molecular complexity index is 655. The van der Waals surface area contributed by atoms with Crippen LogP contribution in [-0.2, 0) is 13.0 Å². The Morgan fingerprint density at radius 2 is 1.91 bits per heavy atom. The maximum absolute atomic E-state index is 5.65. The van der Waals surface area contributed by atoms with E-state index in [1.165, 1.54) is 5.56 Å². The summed E-state index contributed by atoms with van der Waals surface area (Å²) in [7, 11) is 1.71. The van der Waals surface area contributed by atoms with Crippen molar-refractivity contribution in [1.29, 1.82) is 0 Å². The molecular formula is C15H20N6O. The molecule has 2 heterocycles. The van der Waals surface area contributed by atoms with Crippen LogP contribution in [0.3, 0.4) is 0 Å². The van der Waals surface area contributed by atoms with Crippen molar-refractivity contribution in [2.75, 3.05) is 30.0 Å². The minimum Gasteiger partial charge on any atom is -0.496 e. The fraction of sp³-hybridized carbons (Fsp3) is 0.400. The average Bonchev–Trinajstić information content (AvgIpc) is 2.69. The molecule has 7 nitrogen and oxygen atoms in total. The van der Waals surface area contributed by atoms with Crippen molar-refractivity contribution in [3.05, 3.63) is 29.6 Å². The van der Waals surface area contributed by atoms with E-state index >= 15 is 0 Å². The summed E-state index contributed by atoms with van der Waals surface area (Å²) in [6.45, 7) is 1.49. The topological polar surface area (TPSA) is 103 Å². The van der Waals surface area contributed by atoms with Crippen molar-refractivity contribution >= 4 is 17.6 Å². The van der Waals surface area contributed by atoms with Gasteiger partial charge in [-0.05, 0) is 31.4 Å². The van der Waals surface area contributed by atoms with E-state index < -0.39 is 0 Å². The van der Waals surface area contributed by atoms with Crippen molar-refractivity contribution in [3.8, 4) is 5.75 Å². The number of ether oxygens (including phenoxy) is 1. The Labute approximate surface area is 129 Å². The van der Waals surface area contributed by atoms with E-state index in [0.717, 1.165) is 37.2 Å².